The van der Waals surface area contributed by atoms with Crippen LogP contribution >= 0.6 is 0 Å². The van der Waals surface area contributed by atoms with Crippen LogP contribution in [0.1, 0.15) is 33.9 Å². The quantitative estimate of drug-likeness (QED) is 0.556. The van der Waals surface area contributed by atoms with Crippen LogP contribution in [0.15, 0.2) is 48.8 Å². The second kappa shape index (κ2) is 9.62. The Morgan fingerprint density at radius 3 is 2.08 bits per heavy atom. The van der Waals surface area contributed by atoms with E-state index in [2.05, 4.69) is 34.3 Å². The number of nitriles is 1. The van der Waals surface area contributed by atoms with E-state index in [1.165, 1.54) is 17.1 Å². The van der Waals surface area contributed by atoms with Crippen molar-refractivity contribution < 1.29 is 23.7 Å². The molecule has 3 aliphatic rings. The average molecular weight is 488 g/mol. The van der Waals surface area contributed by atoms with Gasteiger partial charge in [-0.3, -0.25) is 4.90 Å². The predicted molar refractivity (Wildman–Crippen MR) is 126 cm³/mol. The normalized spacial score (nSPS) is 17.5. The molecular weight excluding hydrogens is 462 g/mol. The minimum Gasteiger partial charge on any atom is -0.467 e. The number of ether oxygens (including phenoxy) is 4. The summed E-state index contributed by atoms with van der Waals surface area (Å²) >= 11 is 0. The highest BCUT2D eigenvalue weighted by Crippen LogP contribution is 2.36. The molecule has 0 bridgehead atoms. The standard InChI is InChI=1S/C26H25N5O5/c27-11-18-12-28-31(13-18)26(32)30-7-5-29(6-8-30)25(19-1-3-23-21(9-19)14-33-16-35-23)20-2-4-24-22(10-20)15-34-17-36-24/h1-4,9-10,12-13,25H,5-8,14-17H2. The van der Waals surface area contributed by atoms with Gasteiger partial charge in [-0.15, -0.1) is 0 Å². The molecule has 36 heavy (non-hydrogen) atoms. The smallest absolute Gasteiger partial charge is 0.344 e. The molecule has 0 aliphatic carbocycles. The number of rotatable bonds is 3. The Morgan fingerprint density at radius 2 is 1.53 bits per heavy atom. The van der Waals surface area contributed by atoms with E-state index in [4.69, 9.17) is 24.2 Å². The van der Waals surface area contributed by atoms with Gasteiger partial charge in [0.1, 0.15) is 17.6 Å². The third kappa shape index (κ3) is 4.28. The topological polar surface area (TPSA) is 102 Å². The summed E-state index contributed by atoms with van der Waals surface area (Å²) < 4.78 is 23.5. The number of fused-ring (bicyclic) bond motifs is 2. The molecule has 184 valence electrons. The second-order valence-electron chi connectivity index (χ2n) is 8.95. The third-order valence-corrected chi connectivity index (χ3v) is 6.77. The van der Waals surface area contributed by atoms with Crippen LogP contribution in [-0.4, -0.2) is 65.4 Å². The molecule has 0 spiro atoms. The van der Waals surface area contributed by atoms with Crippen molar-refractivity contribution in [3.05, 3.63) is 76.6 Å². The molecule has 0 N–H and O–H groups in total. The Bertz CT molecular complexity index is 1260. The number of carbonyl (C=O) groups excluding carboxylic acids is 1. The molecular formula is C26H25N5O5. The summed E-state index contributed by atoms with van der Waals surface area (Å²) in [5.41, 5.74) is 4.67. The van der Waals surface area contributed by atoms with Gasteiger partial charge in [-0.1, -0.05) is 12.1 Å². The van der Waals surface area contributed by atoms with Gasteiger partial charge in [-0.2, -0.15) is 15.0 Å². The Hall–Kier alpha value is -3.91. The monoisotopic (exact) mass is 487 g/mol. The summed E-state index contributed by atoms with van der Waals surface area (Å²) in [6, 6.07) is 14.3. The average Bonchev–Trinajstić information content (AvgIpc) is 3.43. The number of amides is 1. The number of benzene rings is 2. The van der Waals surface area contributed by atoms with Gasteiger partial charge in [-0.25, -0.2) is 4.79 Å². The molecule has 1 aromatic heterocycles. The van der Waals surface area contributed by atoms with Crippen molar-refractivity contribution in [2.24, 2.45) is 0 Å². The minimum atomic E-state index is -0.223. The highest BCUT2D eigenvalue weighted by atomic mass is 16.7. The number of nitrogens with zero attached hydrogens (tertiary/aromatic N) is 5. The summed E-state index contributed by atoms with van der Waals surface area (Å²) in [5.74, 6) is 1.70. The fourth-order valence-electron chi connectivity index (χ4n) is 4.98. The minimum absolute atomic E-state index is 0.0309. The molecule has 4 heterocycles. The summed E-state index contributed by atoms with van der Waals surface area (Å²) in [6.07, 6.45) is 2.86. The maximum atomic E-state index is 12.9. The largest absolute Gasteiger partial charge is 0.467 e. The lowest BCUT2D eigenvalue weighted by Gasteiger charge is -2.40. The van der Waals surface area contributed by atoms with Crippen LogP contribution in [0.5, 0.6) is 11.5 Å². The zero-order chi connectivity index (χ0) is 24.5. The van der Waals surface area contributed by atoms with E-state index in [-0.39, 0.29) is 25.7 Å². The molecule has 0 saturated carbocycles. The van der Waals surface area contributed by atoms with Crippen LogP contribution in [0.2, 0.25) is 0 Å². The molecule has 2 aromatic carbocycles. The molecule has 10 heteroatoms. The van der Waals surface area contributed by atoms with Gasteiger partial charge in [0, 0.05) is 37.3 Å². The molecule has 1 fully saturated rings. The molecule has 3 aliphatic heterocycles. The van der Waals surface area contributed by atoms with Crippen molar-refractivity contribution in [3.63, 3.8) is 0 Å². The highest BCUT2D eigenvalue weighted by molar-refractivity contribution is 5.76. The Labute approximate surface area is 208 Å². The predicted octanol–water partition coefficient (Wildman–Crippen LogP) is 2.86. The van der Waals surface area contributed by atoms with Gasteiger partial charge >= 0.3 is 6.03 Å². The van der Waals surface area contributed by atoms with Crippen LogP contribution in [-0.2, 0) is 22.7 Å². The van der Waals surface area contributed by atoms with Crippen molar-refractivity contribution in [2.45, 2.75) is 19.3 Å². The lowest BCUT2D eigenvalue weighted by molar-refractivity contribution is -0.0165. The molecule has 0 radical (unpaired) electrons. The summed E-state index contributed by atoms with van der Waals surface area (Å²) in [4.78, 5) is 17.1. The van der Waals surface area contributed by atoms with E-state index in [1.807, 2.05) is 18.2 Å². The zero-order valence-electron chi connectivity index (χ0n) is 19.6. The molecule has 1 saturated heterocycles. The number of hydrogen-bond donors (Lipinski definition) is 0. The molecule has 0 atom stereocenters. The van der Waals surface area contributed by atoms with E-state index in [9.17, 15) is 4.79 Å². The molecule has 3 aromatic rings. The van der Waals surface area contributed by atoms with Crippen LogP contribution in [0.25, 0.3) is 0 Å². The molecule has 1 amide bonds. The zero-order valence-corrected chi connectivity index (χ0v) is 19.6. The number of piperazine rings is 1. The fourth-order valence-corrected chi connectivity index (χ4v) is 4.98. The first-order valence-corrected chi connectivity index (χ1v) is 11.8. The first kappa shape index (κ1) is 22.5. The van der Waals surface area contributed by atoms with Crippen molar-refractivity contribution in [2.75, 3.05) is 39.8 Å². The van der Waals surface area contributed by atoms with E-state index >= 15 is 0 Å². The van der Waals surface area contributed by atoms with Gasteiger partial charge in [0.25, 0.3) is 0 Å². The third-order valence-electron chi connectivity index (χ3n) is 6.77. The maximum absolute atomic E-state index is 12.9. The van der Waals surface area contributed by atoms with Gasteiger partial charge in [0.05, 0.1) is 37.2 Å². The maximum Gasteiger partial charge on any atom is 0.344 e. The van der Waals surface area contributed by atoms with E-state index in [0.717, 1.165) is 33.8 Å². The van der Waals surface area contributed by atoms with Gasteiger partial charge in [0.15, 0.2) is 13.6 Å². The van der Waals surface area contributed by atoms with E-state index in [1.54, 1.807) is 4.90 Å². The van der Waals surface area contributed by atoms with Crippen LogP contribution in [0, 0.1) is 11.3 Å². The summed E-state index contributed by atoms with van der Waals surface area (Å²) in [6.45, 7) is 4.01. The number of hydrogen-bond acceptors (Lipinski definition) is 8. The van der Waals surface area contributed by atoms with E-state index < -0.39 is 0 Å². The van der Waals surface area contributed by atoms with Crippen LogP contribution in [0.4, 0.5) is 4.79 Å². The number of aromatic nitrogens is 2. The molecule has 10 nitrogen and oxygen atoms in total. The Morgan fingerprint density at radius 1 is 0.917 bits per heavy atom. The second-order valence-corrected chi connectivity index (χ2v) is 8.95. The Kier molecular flexibility index (Phi) is 6.03. The highest BCUT2D eigenvalue weighted by Gasteiger charge is 2.30. The molecule has 0 unspecified atom stereocenters. The fraction of sp³-hybridized carbons (Fsp3) is 0.346. The lowest BCUT2D eigenvalue weighted by Crippen LogP contribution is -2.51. The summed E-state index contributed by atoms with van der Waals surface area (Å²) in [5, 5.41) is 13.1. The Balaban J connectivity index is 1.28. The van der Waals surface area contributed by atoms with Crippen molar-refractivity contribution in [1.29, 1.82) is 5.26 Å². The lowest BCUT2D eigenvalue weighted by atomic mass is 9.93. The van der Waals surface area contributed by atoms with E-state index in [0.29, 0.717) is 45.0 Å². The van der Waals surface area contributed by atoms with Crippen molar-refractivity contribution in [1.82, 2.24) is 19.6 Å². The van der Waals surface area contributed by atoms with Crippen molar-refractivity contribution >= 4 is 6.03 Å². The van der Waals surface area contributed by atoms with Gasteiger partial charge < -0.3 is 23.8 Å². The van der Waals surface area contributed by atoms with Crippen molar-refractivity contribution in [3.8, 4) is 17.6 Å². The van der Waals surface area contributed by atoms with Crippen LogP contribution in [0.3, 0.4) is 0 Å². The van der Waals surface area contributed by atoms with Crippen LogP contribution < -0.4 is 9.47 Å². The summed E-state index contributed by atoms with van der Waals surface area (Å²) in [7, 11) is 0. The first-order chi connectivity index (χ1) is 17.7. The van der Waals surface area contributed by atoms with Gasteiger partial charge in [-0.05, 0) is 35.4 Å². The number of carbonyl (C=O) groups is 1. The first-order valence-electron chi connectivity index (χ1n) is 11.8. The van der Waals surface area contributed by atoms with Gasteiger partial charge in [0.2, 0.25) is 0 Å². The molecule has 6 rings (SSSR count). The SMILES string of the molecule is N#Cc1cnn(C(=O)N2CCN(C(c3ccc4c(c3)COCO4)c3ccc4c(c3)COCO4)CC2)c1.